The number of nitrogens with zero attached hydrogens (tertiary/aromatic N) is 1. The van der Waals surface area contributed by atoms with E-state index in [2.05, 4.69) is 4.36 Å². The molecule has 6 nitrogen and oxygen atoms in total. The van der Waals surface area contributed by atoms with Gasteiger partial charge in [-0.05, 0) is 18.2 Å². The van der Waals surface area contributed by atoms with Gasteiger partial charge < -0.3 is 0 Å². The molecular formula is C6H4ClNO5S2. The van der Waals surface area contributed by atoms with Crippen molar-refractivity contribution in [1.29, 1.82) is 0 Å². The molecule has 0 saturated carbocycles. The highest BCUT2D eigenvalue weighted by atomic mass is 35.5. The number of halogens is 1. The fourth-order valence-corrected chi connectivity index (χ4v) is 1.83. The smallest absolute Gasteiger partial charge is 0.282 e. The number of benzene rings is 1. The van der Waals surface area contributed by atoms with Gasteiger partial charge in [-0.1, -0.05) is 11.6 Å². The maximum Gasteiger partial charge on any atom is 0.316 e. The summed E-state index contributed by atoms with van der Waals surface area (Å²) in [6, 6.07) is 3.01. The molecule has 0 fully saturated rings. The van der Waals surface area contributed by atoms with Gasteiger partial charge in [0.2, 0.25) is 0 Å². The first-order chi connectivity index (χ1) is 6.80. The standard InChI is InChI=1S/C6H4ClNO5S2/c7-5-2-1-4(15(11,12)13)3-6(5)8-14(9)10/h1-3H,(H,11,12,13). The summed E-state index contributed by atoms with van der Waals surface area (Å²) in [6.07, 6.45) is 0. The Bertz CT molecular complexity index is 611. The highest BCUT2D eigenvalue weighted by Crippen LogP contribution is 2.27. The highest BCUT2D eigenvalue weighted by molar-refractivity contribution is 7.85. The van der Waals surface area contributed by atoms with Crippen molar-refractivity contribution in [3.05, 3.63) is 23.2 Å². The summed E-state index contributed by atoms with van der Waals surface area (Å²) in [4.78, 5) is -0.476. The lowest BCUT2D eigenvalue weighted by Gasteiger charge is -1.99. The Kier molecular flexibility index (Phi) is 3.45. The zero-order valence-electron chi connectivity index (χ0n) is 6.95. The molecule has 0 aliphatic heterocycles. The molecule has 15 heavy (non-hydrogen) atoms. The van der Waals surface area contributed by atoms with Crippen molar-refractivity contribution in [3.8, 4) is 0 Å². The molecule has 0 atom stereocenters. The molecule has 0 spiro atoms. The van der Waals surface area contributed by atoms with Crippen molar-refractivity contribution in [2.45, 2.75) is 4.90 Å². The van der Waals surface area contributed by atoms with Gasteiger partial charge in [0.15, 0.2) is 0 Å². The van der Waals surface area contributed by atoms with Gasteiger partial charge in [0.1, 0.15) is 5.69 Å². The molecule has 82 valence electrons. The lowest BCUT2D eigenvalue weighted by molar-refractivity contribution is 0.483. The van der Waals surface area contributed by atoms with Crippen LogP contribution in [-0.2, 0) is 20.6 Å². The Morgan fingerprint density at radius 3 is 2.40 bits per heavy atom. The first-order valence-electron chi connectivity index (χ1n) is 3.39. The van der Waals surface area contributed by atoms with Gasteiger partial charge in [-0.3, -0.25) is 4.55 Å². The van der Waals surface area contributed by atoms with E-state index < -0.39 is 25.5 Å². The van der Waals surface area contributed by atoms with Crippen LogP contribution in [-0.4, -0.2) is 21.4 Å². The lowest BCUT2D eigenvalue weighted by Crippen LogP contribution is -1.97. The quantitative estimate of drug-likeness (QED) is 0.815. The minimum atomic E-state index is -4.40. The van der Waals surface area contributed by atoms with Crippen LogP contribution >= 0.6 is 11.6 Å². The van der Waals surface area contributed by atoms with E-state index in [1.54, 1.807) is 0 Å². The summed E-state index contributed by atoms with van der Waals surface area (Å²) in [5.41, 5.74) is -0.250. The zero-order chi connectivity index (χ0) is 11.6. The Balaban J connectivity index is 3.49. The molecule has 0 radical (unpaired) electrons. The van der Waals surface area contributed by atoms with E-state index >= 15 is 0 Å². The van der Waals surface area contributed by atoms with Crippen LogP contribution in [0.2, 0.25) is 5.02 Å². The number of hydrogen-bond acceptors (Lipinski definition) is 5. The van der Waals surface area contributed by atoms with Crippen molar-refractivity contribution in [2.24, 2.45) is 4.36 Å². The maximum absolute atomic E-state index is 10.7. The van der Waals surface area contributed by atoms with Crippen LogP contribution in [0, 0.1) is 0 Å². The van der Waals surface area contributed by atoms with Crippen LogP contribution in [0.15, 0.2) is 27.5 Å². The summed E-state index contributed by atoms with van der Waals surface area (Å²) < 4.78 is 53.6. The topological polar surface area (TPSA) is 101 Å². The van der Waals surface area contributed by atoms with Crippen molar-refractivity contribution < 1.29 is 21.4 Å². The van der Waals surface area contributed by atoms with Crippen molar-refractivity contribution in [1.82, 2.24) is 0 Å². The van der Waals surface area contributed by atoms with Gasteiger partial charge in [0.25, 0.3) is 10.1 Å². The molecular weight excluding hydrogens is 266 g/mol. The summed E-state index contributed by atoms with van der Waals surface area (Å²) in [5, 5.41) is -0.0356. The van der Waals surface area contributed by atoms with Gasteiger partial charge in [-0.15, -0.1) is 4.36 Å². The van der Waals surface area contributed by atoms with E-state index in [1.807, 2.05) is 0 Å². The Hall–Kier alpha value is -0.960. The molecule has 1 aromatic rings. The first-order valence-corrected chi connectivity index (χ1v) is 6.24. The predicted molar refractivity (Wildman–Crippen MR) is 52.3 cm³/mol. The molecule has 0 aliphatic carbocycles. The molecule has 0 aromatic heterocycles. The second-order valence-corrected chi connectivity index (χ2v) is 4.84. The van der Waals surface area contributed by atoms with E-state index in [4.69, 9.17) is 16.2 Å². The average Bonchev–Trinajstić information content (AvgIpc) is 2.06. The third kappa shape index (κ3) is 3.27. The monoisotopic (exact) mass is 269 g/mol. The van der Waals surface area contributed by atoms with E-state index in [0.717, 1.165) is 18.2 Å². The van der Waals surface area contributed by atoms with E-state index in [9.17, 15) is 16.8 Å². The van der Waals surface area contributed by atoms with Crippen molar-refractivity contribution in [2.75, 3.05) is 0 Å². The number of hydrogen-bond donors (Lipinski definition) is 1. The molecule has 0 unspecified atom stereocenters. The molecule has 1 aromatic carbocycles. The molecule has 1 N–H and O–H groups in total. The van der Waals surface area contributed by atoms with Crippen molar-refractivity contribution in [3.63, 3.8) is 0 Å². The molecule has 0 aliphatic rings. The normalized spacial score (nSPS) is 11.1. The maximum atomic E-state index is 10.7. The molecule has 0 amide bonds. The van der Waals surface area contributed by atoms with Crippen LogP contribution in [0.1, 0.15) is 0 Å². The minimum absolute atomic E-state index is 0.0356. The Labute approximate surface area is 92.0 Å². The largest absolute Gasteiger partial charge is 0.316 e. The van der Waals surface area contributed by atoms with Gasteiger partial charge in [-0.25, -0.2) is 0 Å². The Morgan fingerprint density at radius 1 is 1.33 bits per heavy atom. The molecule has 0 saturated heterocycles. The third-order valence-corrected chi connectivity index (χ3v) is 2.90. The second-order valence-electron chi connectivity index (χ2n) is 2.40. The molecule has 0 heterocycles. The third-order valence-electron chi connectivity index (χ3n) is 1.39. The van der Waals surface area contributed by atoms with E-state index in [-0.39, 0.29) is 10.7 Å². The summed E-state index contributed by atoms with van der Waals surface area (Å²) >= 11 is 5.55. The highest BCUT2D eigenvalue weighted by Gasteiger charge is 2.11. The van der Waals surface area contributed by atoms with Gasteiger partial charge in [0.05, 0.1) is 9.92 Å². The van der Waals surface area contributed by atoms with Crippen LogP contribution in [0.4, 0.5) is 5.69 Å². The molecule has 0 bridgehead atoms. The predicted octanol–water partition coefficient (Wildman–Crippen LogP) is 1.28. The van der Waals surface area contributed by atoms with E-state index in [1.165, 1.54) is 0 Å². The van der Waals surface area contributed by atoms with Crippen molar-refractivity contribution >= 4 is 37.9 Å². The van der Waals surface area contributed by atoms with Crippen LogP contribution in [0.3, 0.4) is 0 Å². The minimum Gasteiger partial charge on any atom is -0.282 e. The SMILES string of the molecule is O=S(=O)=Nc1cc(S(=O)(=O)O)ccc1Cl. The van der Waals surface area contributed by atoms with Crippen LogP contribution < -0.4 is 0 Å². The number of rotatable bonds is 2. The fourth-order valence-electron chi connectivity index (χ4n) is 0.803. The lowest BCUT2D eigenvalue weighted by atomic mass is 10.3. The summed E-state index contributed by atoms with van der Waals surface area (Å²) in [6.45, 7) is 0. The van der Waals surface area contributed by atoms with Gasteiger partial charge >= 0.3 is 10.5 Å². The fraction of sp³-hybridized carbons (Fsp3) is 0. The van der Waals surface area contributed by atoms with Crippen LogP contribution in [0.25, 0.3) is 0 Å². The van der Waals surface area contributed by atoms with Gasteiger partial charge in [0, 0.05) is 0 Å². The second kappa shape index (κ2) is 4.27. The van der Waals surface area contributed by atoms with Crippen LogP contribution in [0.5, 0.6) is 0 Å². The molecule has 1 rings (SSSR count). The summed E-state index contributed by atoms with van der Waals surface area (Å²) in [7, 11) is -7.15. The molecule has 9 heteroatoms. The summed E-state index contributed by atoms with van der Waals surface area (Å²) in [5.74, 6) is 0. The zero-order valence-corrected chi connectivity index (χ0v) is 9.34. The first kappa shape index (κ1) is 12.1. The van der Waals surface area contributed by atoms with E-state index in [0.29, 0.717) is 0 Å². The Morgan fingerprint density at radius 2 is 1.93 bits per heavy atom. The van der Waals surface area contributed by atoms with Gasteiger partial charge in [-0.2, -0.15) is 16.8 Å². The average molecular weight is 270 g/mol.